The van der Waals surface area contributed by atoms with E-state index in [2.05, 4.69) is 10.3 Å². The van der Waals surface area contributed by atoms with Crippen molar-refractivity contribution < 1.29 is 4.79 Å². The number of thioether (sulfide) groups is 1. The van der Waals surface area contributed by atoms with Crippen LogP contribution in [0.3, 0.4) is 0 Å². The van der Waals surface area contributed by atoms with Gasteiger partial charge in [-0.3, -0.25) is 4.79 Å². The van der Waals surface area contributed by atoms with Gasteiger partial charge in [-0.05, 0) is 12.1 Å². The monoisotopic (exact) mass is 222 g/mol. The van der Waals surface area contributed by atoms with E-state index in [1.807, 2.05) is 44.2 Å². The van der Waals surface area contributed by atoms with Gasteiger partial charge in [-0.2, -0.15) is 0 Å². The Balaban J connectivity index is 0.000000531. The summed E-state index contributed by atoms with van der Waals surface area (Å²) in [4.78, 5) is 15.1. The molecule has 1 heterocycles. The second kappa shape index (κ2) is 6.24. The summed E-state index contributed by atoms with van der Waals surface area (Å²) >= 11 is 1.43. The van der Waals surface area contributed by atoms with Crippen molar-refractivity contribution in [2.75, 3.05) is 5.75 Å². The minimum absolute atomic E-state index is 0.0275. The van der Waals surface area contributed by atoms with Gasteiger partial charge >= 0.3 is 0 Å². The van der Waals surface area contributed by atoms with E-state index in [0.717, 1.165) is 5.69 Å². The first kappa shape index (κ1) is 11.8. The third-order valence-electron chi connectivity index (χ3n) is 1.57. The van der Waals surface area contributed by atoms with Crippen LogP contribution in [0.15, 0.2) is 35.3 Å². The molecule has 1 amide bonds. The summed E-state index contributed by atoms with van der Waals surface area (Å²) in [7, 11) is 0. The zero-order valence-electron chi connectivity index (χ0n) is 8.86. The van der Waals surface area contributed by atoms with Crippen LogP contribution in [0.4, 0.5) is 5.69 Å². The van der Waals surface area contributed by atoms with Gasteiger partial charge in [-0.1, -0.05) is 43.8 Å². The number of nitrogens with zero attached hydrogens (tertiary/aromatic N) is 1. The summed E-state index contributed by atoms with van der Waals surface area (Å²) in [6.07, 6.45) is 0. The molecule has 1 aliphatic heterocycles. The molecule has 3 nitrogen and oxygen atoms in total. The smallest absolute Gasteiger partial charge is 0.236 e. The number of benzene rings is 1. The van der Waals surface area contributed by atoms with Gasteiger partial charge in [-0.25, -0.2) is 4.99 Å². The number of amidine groups is 1. The van der Waals surface area contributed by atoms with Gasteiger partial charge in [0.2, 0.25) is 5.91 Å². The molecule has 0 atom stereocenters. The molecule has 0 saturated carbocycles. The standard InChI is InChI=1S/C9H8N2OS.C2H6/c12-8-6-13-9(11-8)10-7-4-2-1-3-5-7;1-2/h1-5H,6H2,(H,10,11,12);1-2H3. The maximum absolute atomic E-state index is 10.8. The Kier molecular flexibility index (Phi) is 4.90. The number of carbonyl (C=O) groups excluding carboxylic acids is 1. The van der Waals surface area contributed by atoms with Crippen LogP contribution < -0.4 is 5.32 Å². The lowest BCUT2D eigenvalue weighted by Gasteiger charge is -1.94. The van der Waals surface area contributed by atoms with Gasteiger partial charge < -0.3 is 5.32 Å². The number of nitrogens with one attached hydrogen (secondary N) is 1. The molecule has 0 bridgehead atoms. The summed E-state index contributed by atoms with van der Waals surface area (Å²) in [5.41, 5.74) is 0.868. The highest BCUT2D eigenvalue weighted by Gasteiger charge is 2.15. The molecule has 2 rings (SSSR count). The normalized spacial score (nSPS) is 16.9. The predicted molar refractivity (Wildman–Crippen MR) is 65.5 cm³/mol. The van der Waals surface area contributed by atoms with E-state index in [4.69, 9.17) is 0 Å². The Bertz CT molecular complexity index is 349. The van der Waals surface area contributed by atoms with Gasteiger partial charge in [0.15, 0.2) is 5.17 Å². The van der Waals surface area contributed by atoms with Crippen LogP contribution in [0.5, 0.6) is 0 Å². The summed E-state index contributed by atoms with van der Waals surface area (Å²) in [6.45, 7) is 4.00. The molecule has 0 aliphatic carbocycles. The topological polar surface area (TPSA) is 41.5 Å². The number of carbonyl (C=O) groups is 1. The van der Waals surface area contributed by atoms with Crippen LogP contribution in [0.2, 0.25) is 0 Å². The SMILES string of the molecule is CC.O=C1CSC(=Nc2ccccc2)N1. The van der Waals surface area contributed by atoms with Crippen molar-refractivity contribution in [2.24, 2.45) is 4.99 Å². The van der Waals surface area contributed by atoms with Gasteiger partial charge in [-0.15, -0.1) is 0 Å². The fraction of sp³-hybridized carbons (Fsp3) is 0.273. The van der Waals surface area contributed by atoms with Crippen molar-refractivity contribution in [1.82, 2.24) is 5.32 Å². The fourth-order valence-electron chi connectivity index (χ4n) is 1.01. The molecule has 0 spiro atoms. The highest BCUT2D eigenvalue weighted by atomic mass is 32.2. The number of hydrogen-bond donors (Lipinski definition) is 1. The Morgan fingerprint density at radius 2 is 1.93 bits per heavy atom. The third-order valence-corrected chi connectivity index (χ3v) is 2.45. The Morgan fingerprint density at radius 3 is 2.47 bits per heavy atom. The number of aliphatic imine (C=N–C) groups is 1. The molecule has 1 aromatic rings. The van der Waals surface area contributed by atoms with Crippen LogP contribution in [0.25, 0.3) is 0 Å². The van der Waals surface area contributed by atoms with Crippen LogP contribution in [0, 0.1) is 0 Å². The molecule has 1 N–H and O–H groups in total. The number of rotatable bonds is 1. The average Bonchev–Trinajstić information content (AvgIpc) is 2.68. The number of amides is 1. The molecule has 1 aliphatic rings. The first-order chi connectivity index (χ1) is 7.34. The van der Waals surface area contributed by atoms with E-state index in [1.54, 1.807) is 0 Å². The van der Waals surface area contributed by atoms with E-state index < -0.39 is 0 Å². The Morgan fingerprint density at radius 1 is 1.27 bits per heavy atom. The van der Waals surface area contributed by atoms with Crippen LogP contribution in [-0.4, -0.2) is 16.8 Å². The van der Waals surface area contributed by atoms with E-state index >= 15 is 0 Å². The second-order valence-corrected chi connectivity index (χ2v) is 3.55. The predicted octanol–water partition coefficient (Wildman–Crippen LogP) is 2.56. The average molecular weight is 222 g/mol. The lowest BCUT2D eigenvalue weighted by Crippen LogP contribution is -2.19. The Labute approximate surface area is 94.0 Å². The van der Waals surface area contributed by atoms with E-state index in [9.17, 15) is 4.79 Å². The lowest BCUT2D eigenvalue weighted by atomic mass is 10.3. The van der Waals surface area contributed by atoms with Crippen molar-refractivity contribution in [2.45, 2.75) is 13.8 Å². The summed E-state index contributed by atoms with van der Waals surface area (Å²) in [5, 5.41) is 3.37. The molecule has 80 valence electrons. The highest BCUT2D eigenvalue weighted by Crippen LogP contribution is 2.16. The molecule has 15 heavy (non-hydrogen) atoms. The summed E-state index contributed by atoms with van der Waals surface area (Å²) in [5.74, 6) is 0.505. The zero-order valence-corrected chi connectivity index (χ0v) is 9.67. The first-order valence-corrected chi connectivity index (χ1v) is 5.89. The number of hydrogen-bond acceptors (Lipinski definition) is 3. The molecular weight excluding hydrogens is 208 g/mol. The quantitative estimate of drug-likeness (QED) is 0.793. The minimum Gasteiger partial charge on any atom is -0.304 e. The largest absolute Gasteiger partial charge is 0.304 e. The Hall–Kier alpha value is -1.29. The molecule has 0 unspecified atom stereocenters. The van der Waals surface area contributed by atoms with Gasteiger partial charge in [0.05, 0.1) is 11.4 Å². The molecule has 4 heteroatoms. The van der Waals surface area contributed by atoms with Gasteiger partial charge in [0.25, 0.3) is 0 Å². The molecular formula is C11H14N2OS. The van der Waals surface area contributed by atoms with Crippen molar-refractivity contribution >= 4 is 28.5 Å². The summed E-state index contributed by atoms with van der Waals surface area (Å²) < 4.78 is 0. The first-order valence-electron chi connectivity index (χ1n) is 4.91. The summed E-state index contributed by atoms with van der Waals surface area (Å²) in [6, 6.07) is 9.57. The second-order valence-electron chi connectivity index (χ2n) is 2.59. The highest BCUT2D eigenvalue weighted by molar-refractivity contribution is 8.15. The van der Waals surface area contributed by atoms with Crippen molar-refractivity contribution in [3.63, 3.8) is 0 Å². The van der Waals surface area contributed by atoms with Crippen molar-refractivity contribution in [1.29, 1.82) is 0 Å². The van der Waals surface area contributed by atoms with Crippen molar-refractivity contribution in [3.05, 3.63) is 30.3 Å². The van der Waals surface area contributed by atoms with E-state index in [-0.39, 0.29) is 5.91 Å². The van der Waals surface area contributed by atoms with E-state index in [1.165, 1.54) is 11.8 Å². The van der Waals surface area contributed by atoms with Gasteiger partial charge in [0, 0.05) is 0 Å². The number of para-hydroxylation sites is 1. The zero-order chi connectivity index (χ0) is 11.1. The fourth-order valence-corrected chi connectivity index (χ4v) is 1.70. The van der Waals surface area contributed by atoms with Crippen LogP contribution >= 0.6 is 11.8 Å². The van der Waals surface area contributed by atoms with Crippen LogP contribution in [-0.2, 0) is 4.79 Å². The van der Waals surface area contributed by atoms with E-state index in [0.29, 0.717) is 10.9 Å². The van der Waals surface area contributed by atoms with Gasteiger partial charge in [0.1, 0.15) is 0 Å². The lowest BCUT2D eigenvalue weighted by molar-refractivity contribution is -0.116. The third kappa shape index (κ3) is 3.75. The molecule has 1 fully saturated rings. The maximum atomic E-state index is 10.8. The molecule has 1 aromatic carbocycles. The molecule has 1 saturated heterocycles. The molecule has 0 radical (unpaired) electrons. The maximum Gasteiger partial charge on any atom is 0.236 e. The van der Waals surface area contributed by atoms with Crippen LogP contribution in [0.1, 0.15) is 13.8 Å². The minimum atomic E-state index is 0.0275. The molecule has 0 aromatic heterocycles. The van der Waals surface area contributed by atoms with Crippen molar-refractivity contribution in [3.8, 4) is 0 Å².